The van der Waals surface area contributed by atoms with E-state index in [0.717, 1.165) is 24.1 Å². The van der Waals surface area contributed by atoms with Gasteiger partial charge in [0.2, 0.25) is 0 Å². The molecule has 0 spiro atoms. The van der Waals surface area contributed by atoms with Gasteiger partial charge in [0.1, 0.15) is 6.61 Å². The topological polar surface area (TPSA) is 116 Å². The Morgan fingerprint density at radius 3 is 2.17 bits per heavy atom. The summed E-state index contributed by atoms with van der Waals surface area (Å²) in [6.07, 6.45) is 2.79. The number of esters is 3. The molecule has 0 unspecified atom stereocenters. The van der Waals surface area contributed by atoms with Crippen molar-refractivity contribution in [3.05, 3.63) is 42.1 Å². The van der Waals surface area contributed by atoms with Crippen molar-refractivity contribution in [3.8, 4) is 0 Å². The minimum absolute atomic E-state index is 0.0454. The van der Waals surface area contributed by atoms with Crippen LogP contribution < -0.4 is 0 Å². The summed E-state index contributed by atoms with van der Waals surface area (Å²) >= 11 is 0. The summed E-state index contributed by atoms with van der Waals surface area (Å²) in [4.78, 5) is 35.7. The molecule has 1 aliphatic rings. The number of hydrogen-bond acceptors (Lipinski definition) is 8. The van der Waals surface area contributed by atoms with E-state index in [4.69, 9.17) is 14.2 Å². The monoisotopic (exact) mass is 439 g/mol. The summed E-state index contributed by atoms with van der Waals surface area (Å²) < 4.78 is 41.9. The van der Waals surface area contributed by atoms with Crippen molar-refractivity contribution in [1.29, 1.82) is 0 Å². The van der Waals surface area contributed by atoms with Crippen molar-refractivity contribution in [2.75, 3.05) is 20.8 Å². The fourth-order valence-electron chi connectivity index (χ4n) is 3.22. The third kappa shape index (κ3) is 5.18. The van der Waals surface area contributed by atoms with Crippen molar-refractivity contribution in [3.63, 3.8) is 0 Å². The fourth-order valence-corrected chi connectivity index (χ4v) is 4.72. The lowest BCUT2D eigenvalue weighted by Gasteiger charge is -2.36. The number of allylic oxidation sites excluding steroid dienone is 1. The van der Waals surface area contributed by atoms with Crippen LogP contribution in [0, 0.1) is 18.8 Å². The van der Waals surface area contributed by atoms with E-state index in [1.807, 2.05) is 6.92 Å². The van der Waals surface area contributed by atoms with E-state index in [1.54, 1.807) is 12.1 Å². The van der Waals surface area contributed by atoms with Gasteiger partial charge in [0.15, 0.2) is 5.92 Å². The van der Waals surface area contributed by atoms with Gasteiger partial charge in [0, 0.05) is 19.0 Å². The Hall–Kier alpha value is -2.88. The molecule has 1 aromatic carbocycles. The third-order valence-corrected chi connectivity index (χ3v) is 6.64. The van der Waals surface area contributed by atoms with Gasteiger partial charge in [0.05, 0.1) is 25.2 Å². The molecule has 0 aliphatic carbocycles. The molecule has 30 heavy (non-hydrogen) atoms. The first-order chi connectivity index (χ1) is 14.1. The highest BCUT2D eigenvalue weighted by atomic mass is 32.2. The van der Waals surface area contributed by atoms with Gasteiger partial charge < -0.3 is 14.2 Å². The van der Waals surface area contributed by atoms with Crippen LogP contribution in [-0.2, 0) is 38.6 Å². The van der Waals surface area contributed by atoms with Gasteiger partial charge in [-0.2, -0.15) is 0 Å². The van der Waals surface area contributed by atoms with Gasteiger partial charge in [-0.15, -0.1) is 0 Å². The van der Waals surface area contributed by atoms with Crippen LogP contribution in [0.15, 0.2) is 41.4 Å². The minimum atomic E-state index is -3.95. The molecule has 10 heteroatoms. The lowest BCUT2D eigenvalue weighted by atomic mass is 9.85. The Kier molecular flexibility index (Phi) is 7.60. The van der Waals surface area contributed by atoms with Crippen molar-refractivity contribution in [2.45, 2.75) is 31.2 Å². The van der Waals surface area contributed by atoms with Crippen LogP contribution in [0.3, 0.4) is 0 Å². The molecule has 0 N–H and O–H groups in total. The summed E-state index contributed by atoms with van der Waals surface area (Å²) in [5, 5.41) is 0. The van der Waals surface area contributed by atoms with Gasteiger partial charge in [-0.1, -0.05) is 23.8 Å². The largest absolute Gasteiger partial charge is 0.468 e. The first-order valence-corrected chi connectivity index (χ1v) is 10.6. The number of carbonyl (C=O) groups excluding carboxylic acids is 3. The number of carbonyl (C=O) groups is 3. The Labute approximate surface area is 175 Å². The molecule has 0 fully saturated rings. The number of rotatable bonds is 7. The van der Waals surface area contributed by atoms with Crippen LogP contribution in [0.2, 0.25) is 0 Å². The molecule has 2 rings (SSSR count). The Morgan fingerprint density at radius 2 is 1.67 bits per heavy atom. The second-order valence-corrected chi connectivity index (χ2v) is 8.71. The molecule has 0 amide bonds. The predicted octanol–water partition coefficient (Wildman–Crippen LogP) is 1.41. The SMILES string of the molecule is COC(=O)C(C(=O)OC)[C@@H]1C=CN(S(=O)(=O)c2ccc(C)cc2)[C@@H](COC(C)=O)C1. The second kappa shape index (κ2) is 9.75. The number of nitrogens with zero attached hydrogens (tertiary/aromatic N) is 1. The van der Waals surface area contributed by atoms with Gasteiger partial charge in [0.25, 0.3) is 10.0 Å². The summed E-state index contributed by atoms with van der Waals surface area (Å²) in [6.45, 7) is 2.81. The lowest BCUT2D eigenvalue weighted by Crippen LogP contribution is -2.46. The fraction of sp³-hybridized carbons (Fsp3) is 0.450. The highest BCUT2D eigenvalue weighted by Gasteiger charge is 2.42. The zero-order valence-corrected chi connectivity index (χ0v) is 18.0. The first-order valence-electron chi connectivity index (χ1n) is 9.19. The third-order valence-electron chi connectivity index (χ3n) is 4.80. The van der Waals surface area contributed by atoms with Gasteiger partial charge in [-0.05, 0) is 25.5 Å². The van der Waals surface area contributed by atoms with Crippen molar-refractivity contribution >= 4 is 27.9 Å². The smallest absolute Gasteiger partial charge is 0.320 e. The molecule has 164 valence electrons. The van der Waals surface area contributed by atoms with Gasteiger partial charge in [-0.25, -0.2) is 8.42 Å². The molecule has 9 nitrogen and oxygen atoms in total. The normalized spacial score (nSPS) is 18.8. The van der Waals surface area contributed by atoms with Crippen molar-refractivity contribution < 1.29 is 37.0 Å². The van der Waals surface area contributed by atoms with E-state index in [1.165, 1.54) is 31.3 Å². The number of methoxy groups -OCH3 is 2. The quantitative estimate of drug-likeness (QED) is 0.356. The van der Waals surface area contributed by atoms with Gasteiger partial charge >= 0.3 is 17.9 Å². The Bertz CT molecular complexity index is 907. The number of aryl methyl sites for hydroxylation is 1. The average Bonchev–Trinajstić information content (AvgIpc) is 2.72. The standard InChI is InChI=1S/C20H25NO8S/c1-13-5-7-17(8-6-13)30(25,26)21-10-9-15(11-16(21)12-29-14(2)22)18(19(23)27-3)20(24)28-4/h5-10,15-16,18H,11-12H2,1-4H3/t15-,16-/m1/s1. The van der Waals surface area contributed by atoms with Gasteiger partial charge in [-0.3, -0.25) is 18.7 Å². The first kappa shape index (κ1) is 23.4. The molecule has 1 aliphatic heterocycles. The second-order valence-electron chi connectivity index (χ2n) is 6.87. The van der Waals surface area contributed by atoms with Crippen LogP contribution in [0.25, 0.3) is 0 Å². The maximum absolute atomic E-state index is 13.2. The zero-order chi connectivity index (χ0) is 22.5. The number of sulfonamides is 1. The number of benzene rings is 1. The summed E-state index contributed by atoms with van der Waals surface area (Å²) in [5.41, 5.74) is 0.902. The molecule has 0 aromatic heterocycles. The Balaban J connectivity index is 2.43. The van der Waals surface area contributed by atoms with Crippen molar-refractivity contribution in [1.82, 2.24) is 4.31 Å². The molecule has 0 saturated carbocycles. The van der Waals surface area contributed by atoms with E-state index in [0.29, 0.717) is 0 Å². The van der Waals surface area contributed by atoms with E-state index in [2.05, 4.69) is 0 Å². The van der Waals surface area contributed by atoms with E-state index < -0.39 is 45.8 Å². The Morgan fingerprint density at radius 1 is 1.10 bits per heavy atom. The summed E-state index contributed by atoms with van der Waals surface area (Å²) in [5.74, 6) is -4.13. The predicted molar refractivity (Wildman–Crippen MR) is 105 cm³/mol. The van der Waals surface area contributed by atoms with Crippen LogP contribution in [0.4, 0.5) is 0 Å². The number of hydrogen-bond donors (Lipinski definition) is 0. The maximum Gasteiger partial charge on any atom is 0.320 e. The maximum atomic E-state index is 13.2. The zero-order valence-electron chi connectivity index (χ0n) is 17.2. The van der Waals surface area contributed by atoms with Crippen LogP contribution in [0.5, 0.6) is 0 Å². The summed E-state index contributed by atoms with van der Waals surface area (Å²) in [7, 11) is -1.66. The number of ether oxygens (including phenoxy) is 3. The average molecular weight is 439 g/mol. The highest BCUT2D eigenvalue weighted by molar-refractivity contribution is 7.89. The van der Waals surface area contributed by atoms with Crippen LogP contribution in [0.1, 0.15) is 18.9 Å². The molecule has 2 atom stereocenters. The van der Waals surface area contributed by atoms with E-state index in [-0.39, 0.29) is 17.9 Å². The highest BCUT2D eigenvalue weighted by Crippen LogP contribution is 2.32. The summed E-state index contributed by atoms with van der Waals surface area (Å²) in [6, 6.07) is 5.49. The molecular weight excluding hydrogens is 414 g/mol. The molecule has 0 saturated heterocycles. The molecule has 1 aromatic rings. The van der Waals surface area contributed by atoms with Crippen molar-refractivity contribution in [2.24, 2.45) is 11.8 Å². The lowest BCUT2D eigenvalue weighted by molar-refractivity contribution is -0.161. The molecule has 0 radical (unpaired) electrons. The molecular formula is C20H25NO8S. The van der Waals surface area contributed by atoms with E-state index >= 15 is 0 Å². The van der Waals surface area contributed by atoms with E-state index in [9.17, 15) is 22.8 Å². The molecule has 0 bridgehead atoms. The molecule has 1 heterocycles. The van der Waals surface area contributed by atoms with Crippen LogP contribution in [-0.4, -0.2) is 57.5 Å². The van der Waals surface area contributed by atoms with Crippen LogP contribution >= 0.6 is 0 Å². The minimum Gasteiger partial charge on any atom is -0.468 e.